The van der Waals surface area contributed by atoms with Crippen LogP contribution in [0.5, 0.6) is 0 Å². The van der Waals surface area contributed by atoms with E-state index in [9.17, 15) is 19.5 Å². The number of amides is 2. The fourth-order valence-electron chi connectivity index (χ4n) is 4.52. The average Bonchev–Trinajstić information content (AvgIpc) is 3.35. The summed E-state index contributed by atoms with van der Waals surface area (Å²) < 4.78 is 5.91. The molecule has 3 heterocycles. The van der Waals surface area contributed by atoms with Crippen molar-refractivity contribution in [3.8, 4) is 0 Å². The van der Waals surface area contributed by atoms with E-state index in [-0.39, 0.29) is 0 Å². The Morgan fingerprint density at radius 1 is 1.00 bits per heavy atom. The number of fused-ring (bicyclic) bond motifs is 2. The molecule has 3 N–H and O–H groups in total. The Morgan fingerprint density at radius 3 is 2.43 bits per heavy atom. The van der Waals surface area contributed by atoms with E-state index >= 15 is 0 Å². The van der Waals surface area contributed by atoms with E-state index < -0.39 is 41.2 Å². The predicted octanol–water partition coefficient (Wildman–Crippen LogP) is 1.95. The van der Waals surface area contributed by atoms with Gasteiger partial charge in [-0.3, -0.25) is 20.2 Å². The molecule has 5 rings (SSSR count). The maximum absolute atomic E-state index is 12.6. The van der Waals surface area contributed by atoms with Crippen molar-refractivity contribution in [2.45, 2.75) is 11.6 Å². The van der Waals surface area contributed by atoms with Crippen molar-refractivity contribution in [2.24, 2.45) is 11.8 Å². The summed E-state index contributed by atoms with van der Waals surface area (Å²) >= 11 is 0. The minimum atomic E-state index is -1.73. The highest BCUT2D eigenvalue weighted by Crippen LogP contribution is 2.51. The number of carbonyl (C=O) groups excluding carboxylic acids is 2. The molecule has 2 aromatic carbocycles. The molecule has 2 amide bonds. The van der Waals surface area contributed by atoms with E-state index in [2.05, 4.69) is 10.6 Å². The normalized spacial score (nSPS) is 29.1. The lowest BCUT2D eigenvalue weighted by atomic mass is 9.75. The molecule has 0 bridgehead atoms. The largest absolute Gasteiger partial charge is 0.480 e. The first-order valence-corrected chi connectivity index (χ1v) is 8.92. The van der Waals surface area contributed by atoms with Crippen LogP contribution in [0.1, 0.15) is 17.4 Å². The highest BCUT2D eigenvalue weighted by molar-refractivity contribution is 6.09. The van der Waals surface area contributed by atoms with Gasteiger partial charge in [0.1, 0.15) is 11.3 Å². The first kappa shape index (κ1) is 16.7. The number of hydrogen-bond donors (Lipinski definition) is 3. The van der Waals surface area contributed by atoms with Crippen LogP contribution in [0.3, 0.4) is 0 Å². The Morgan fingerprint density at radius 2 is 1.71 bits per heavy atom. The number of imide groups is 1. The number of carboxylic acid groups (broad SMARTS) is 1. The van der Waals surface area contributed by atoms with Gasteiger partial charge in [-0.25, -0.2) is 4.79 Å². The highest BCUT2D eigenvalue weighted by Gasteiger charge is 2.67. The van der Waals surface area contributed by atoms with Gasteiger partial charge < -0.3 is 9.52 Å². The van der Waals surface area contributed by atoms with Gasteiger partial charge in [0.2, 0.25) is 11.8 Å². The number of benzene rings is 2. The fraction of sp³-hybridized carbons (Fsp3) is 0.190. The highest BCUT2D eigenvalue weighted by atomic mass is 16.4. The number of carbonyl (C=O) groups is 3. The molecule has 0 saturated carbocycles. The molecular weight excluding hydrogens is 360 g/mol. The maximum Gasteiger partial charge on any atom is 0.329 e. The molecule has 7 heteroatoms. The van der Waals surface area contributed by atoms with E-state index in [1.165, 1.54) is 0 Å². The van der Waals surface area contributed by atoms with E-state index in [1.54, 1.807) is 42.5 Å². The van der Waals surface area contributed by atoms with Gasteiger partial charge >= 0.3 is 5.97 Å². The molecule has 0 spiro atoms. The second-order valence-corrected chi connectivity index (χ2v) is 7.14. The molecule has 140 valence electrons. The van der Waals surface area contributed by atoms with Crippen molar-refractivity contribution in [3.05, 3.63) is 72.0 Å². The quantitative estimate of drug-likeness (QED) is 0.603. The molecule has 2 saturated heterocycles. The van der Waals surface area contributed by atoms with E-state index in [1.807, 2.05) is 18.2 Å². The van der Waals surface area contributed by atoms with Crippen molar-refractivity contribution in [3.63, 3.8) is 0 Å². The third-order valence-corrected chi connectivity index (χ3v) is 5.72. The number of rotatable bonds is 3. The summed E-state index contributed by atoms with van der Waals surface area (Å²) in [5, 5.41) is 16.4. The van der Waals surface area contributed by atoms with Crippen LogP contribution < -0.4 is 10.6 Å². The SMILES string of the molecule is O=C1NC(=O)C2C1C(c1cc3ccccc3o1)NC2(C(=O)O)c1ccccc1. The van der Waals surface area contributed by atoms with E-state index in [0.29, 0.717) is 16.9 Å². The lowest BCUT2D eigenvalue weighted by Crippen LogP contribution is -2.52. The zero-order chi connectivity index (χ0) is 19.5. The lowest BCUT2D eigenvalue weighted by molar-refractivity contribution is -0.149. The van der Waals surface area contributed by atoms with Crippen LogP contribution in [0.2, 0.25) is 0 Å². The Bertz CT molecular complexity index is 1090. The van der Waals surface area contributed by atoms with Crippen molar-refractivity contribution >= 4 is 28.8 Å². The second kappa shape index (κ2) is 5.77. The molecule has 3 aromatic rings. The Balaban J connectivity index is 1.71. The van der Waals surface area contributed by atoms with Gasteiger partial charge in [-0.15, -0.1) is 0 Å². The van der Waals surface area contributed by atoms with Crippen LogP contribution in [0.15, 0.2) is 65.1 Å². The minimum Gasteiger partial charge on any atom is -0.480 e. The molecule has 28 heavy (non-hydrogen) atoms. The molecular formula is C21H16N2O5. The predicted molar refractivity (Wildman–Crippen MR) is 98.0 cm³/mol. The number of nitrogens with one attached hydrogen (secondary N) is 2. The smallest absolute Gasteiger partial charge is 0.329 e. The first-order valence-electron chi connectivity index (χ1n) is 8.92. The molecule has 2 fully saturated rings. The van der Waals surface area contributed by atoms with Crippen LogP contribution in [0.4, 0.5) is 0 Å². The summed E-state index contributed by atoms with van der Waals surface area (Å²) in [6, 6.07) is 16.9. The lowest BCUT2D eigenvalue weighted by Gasteiger charge is -2.30. The zero-order valence-electron chi connectivity index (χ0n) is 14.6. The Kier molecular flexibility index (Phi) is 3.44. The molecule has 0 radical (unpaired) electrons. The average molecular weight is 376 g/mol. The molecule has 1 aromatic heterocycles. The van der Waals surface area contributed by atoms with Gasteiger partial charge in [-0.2, -0.15) is 0 Å². The first-order chi connectivity index (χ1) is 13.5. The zero-order valence-corrected chi connectivity index (χ0v) is 14.6. The number of carboxylic acids is 1. The summed E-state index contributed by atoms with van der Waals surface area (Å²) in [6.07, 6.45) is 0. The van der Waals surface area contributed by atoms with Crippen molar-refractivity contribution in [1.82, 2.24) is 10.6 Å². The van der Waals surface area contributed by atoms with Gasteiger partial charge in [0.25, 0.3) is 0 Å². The van der Waals surface area contributed by atoms with Crippen molar-refractivity contribution in [2.75, 3.05) is 0 Å². The van der Waals surface area contributed by atoms with Gasteiger partial charge in [0, 0.05) is 5.39 Å². The summed E-state index contributed by atoms with van der Waals surface area (Å²) in [7, 11) is 0. The molecule has 2 aliphatic heterocycles. The second-order valence-electron chi connectivity index (χ2n) is 7.14. The standard InChI is InChI=1S/C21H16N2O5/c24-18-15-16(19(25)22-18)21(20(26)27,12-7-2-1-3-8-12)23-17(15)14-10-11-6-4-5-9-13(11)28-14/h1-10,15-17,23H,(H,26,27)(H,22,24,25). The number of hydrogen-bond acceptors (Lipinski definition) is 5. The third-order valence-electron chi connectivity index (χ3n) is 5.72. The fourth-order valence-corrected chi connectivity index (χ4v) is 4.52. The van der Waals surface area contributed by atoms with Crippen LogP contribution >= 0.6 is 0 Å². The van der Waals surface area contributed by atoms with Gasteiger partial charge in [-0.1, -0.05) is 48.5 Å². The molecule has 0 aliphatic carbocycles. The summed E-state index contributed by atoms with van der Waals surface area (Å²) in [5.74, 6) is -3.83. The summed E-state index contributed by atoms with van der Waals surface area (Å²) in [5.41, 5.74) is -0.680. The van der Waals surface area contributed by atoms with Crippen LogP contribution in [0.25, 0.3) is 11.0 Å². The van der Waals surface area contributed by atoms with Crippen LogP contribution in [0, 0.1) is 11.8 Å². The van der Waals surface area contributed by atoms with Crippen molar-refractivity contribution in [1.29, 1.82) is 0 Å². The topological polar surface area (TPSA) is 109 Å². The van der Waals surface area contributed by atoms with Gasteiger partial charge in [0.15, 0.2) is 5.54 Å². The summed E-state index contributed by atoms with van der Waals surface area (Å²) in [6.45, 7) is 0. The van der Waals surface area contributed by atoms with E-state index in [4.69, 9.17) is 4.42 Å². The maximum atomic E-state index is 12.6. The molecule has 2 aliphatic rings. The Hall–Kier alpha value is -3.45. The van der Waals surface area contributed by atoms with Gasteiger partial charge in [0.05, 0.1) is 17.9 Å². The monoisotopic (exact) mass is 376 g/mol. The number of aliphatic carboxylic acids is 1. The molecule has 7 nitrogen and oxygen atoms in total. The van der Waals surface area contributed by atoms with E-state index in [0.717, 1.165) is 5.39 Å². The molecule has 4 atom stereocenters. The molecule has 4 unspecified atom stereocenters. The minimum absolute atomic E-state index is 0.418. The Labute approximate surface area is 159 Å². The number of furan rings is 1. The van der Waals surface area contributed by atoms with Crippen molar-refractivity contribution < 1.29 is 23.9 Å². The number of para-hydroxylation sites is 1. The third kappa shape index (κ3) is 2.10. The van der Waals surface area contributed by atoms with Gasteiger partial charge in [-0.05, 0) is 17.7 Å². The van der Waals surface area contributed by atoms with Crippen LogP contribution in [-0.4, -0.2) is 22.9 Å². The summed E-state index contributed by atoms with van der Waals surface area (Å²) in [4.78, 5) is 37.7. The van der Waals surface area contributed by atoms with Crippen LogP contribution in [-0.2, 0) is 19.9 Å².